The van der Waals surface area contributed by atoms with Gasteiger partial charge in [0, 0.05) is 14.4 Å². The first-order valence-corrected chi connectivity index (χ1v) is 14.5. The number of carbonyl (C=O) groups excluding carboxylic acids is 1. The number of halogens is 1. The van der Waals surface area contributed by atoms with E-state index in [0.29, 0.717) is 29.2 Å². The van der Waals surface area contributed by atoms with Crippen LogP contribution in [0.1, 0.15) is 60.8 Å². The summed E-state index contributed by atoms with van der Waals surface area (Å²) in [6, 6.07) is 0. The molecule has 0 bridgehead atoms. The second-order valence-electron chi connectivity index (χ2n) is 12.4. The molecular formula is C31H47IO6. The number of epoxide rings is 2. The first kappa shape index (κ1) is 31.7. The molecule has 0 radical (unpaired) electrons. The Hall–Kier alpha value is -0.840. The zero-order valence-corrected chi connectivity index (χ0v) is 24.7. The number of hydrogen-bond donors (Lipinski definition) is 3. The van der Waals surface area contributed by atoms with Gasteiger partial charge in [-0.25, -0.2) is 0 Å². The van der Waals surface area contributed by atoms with Crippen LogP contribution in [-0.4, -0.2) is 64.3 Å². The highest BCUT2D eigenvalue weighted by Crippen LogP contribution is 2.68. The van der Waals surface area contributed by atoms with E-state index in [2.05, 4.69) is 65.2 Å². The molecule has 2 saturated carbocycles. The summed E-state index contributed by atoms with van der Waals surface area (Å²) in [6.45, 7) is 16.2. The van der Waals surface area contributed by atoms with Crippen LogP contribution in [0.3, 0.4) is 0 Å². The molecule has 2 saturated heterocycles. The van der Waals surface area contributed by atoms with E-state index in [0.717, 1.165) is 35.5 Å². The van der Waals surface area contributed by atoms with Crippen molar-refractivity contribution in [1.29, 1.82) is 0 Å². The number of aliphatic hydroxyl groups is 3. The fourth-order valence-corrected chi connectivity index (χ4v) is 7.59. The third-order valence-electron chi connectivity index (χ3n) is 10.5. The van der Waals surface area contributed by atoms with Crippen LogP contribution in [0.2, 0.25) is 0 Å². The number of carbonyl (C=O) groups is 1. The Morgan fingerprint density at radius 1 is 1.00 bits per heavy atom. The third-order valence-corrected chi connectivity index (χ3v) is 10.9. The van der Waals surface area contributed by atoms with Gasteiger partial charge in [-0.2, -0.15) is 0 Å². The van der Waals surface area contributed by atoms with Crippen LogP contribution in [0.5, 0.6) is 0 Å². The first-order chi connectivity index (χ1) is 17.4. The Morgan fingerprint density at radius 2 is 1.50 bits per heavy atom. The van der Waals surface area contributed by atoms with E-state index >= 15 is 0 Å². The molecule has 38 heavy (non-hydrogen) atoms. The van der Waals surface area contributed by atoms with E-state index in [-0.39, 0.29) is 43.7 Å². The zero-order valence-electron chi connectivity index (χ0n) is 22.5. The summed E-state index contributed by atoms with van der Waals surface area (Å²) in [7, 11) is 0. The molecule has 4 fully saturated rings. The predicted octanol–water partition coefficient (Wildman–Crippen LogP) is 5.16. The summed E-state index contributed by atoms with van der Waals surface area (Å²) < 4.78 is 12.3. The lowest BCUT2D eigenvalue weighted by Crippen LogP contribution is -2.37. The van der Waals surface area contributed by atoms with E-state index in [4.69, 9.17) is 19.7 Å². The van der Waals surface area contributed by atoms with Gasteiger partial charge in [-0.3, -0.25) is 0 Å². The Morgan fingerprint density at radius 3 is 1.92 bits per heavy atom. The minimum atomic E-state index is -0.740. The molecule has 2 heterocycles. The van der Waals surface area contributed by atoms with Gasteiger partial charge in [-0.15, -0.1) is 0 Å². The quantitative estimate of drug-likeness (QED) is 0.166. The van der Waals surface area contributed by atoms with Crippen molar-refractivity contribution in [2.24, 2.45) is 34.5 Å². The van der Waals surface area contributed by atoms with Gasteiger partial charge in [0.2, 0.25) is 0 Å². The lowest BCUT2D eigenvalue weighted by molar-refractivity contribution is -0.112. The van der Waals surface area contributed by atoms with Crippen LogP contribution in [0.15, 0.2) is 46.6 Å². The molecule has 11 atom stereocenters. The highest BCUT2D eigenvalue weighted by atomic mass is 127. The molecule has 0 aromatic carbocycles. The van der Waals surface area contributed by atoms with E-state index in [9.17, 15) is 9.90 Å². The molecule has 6 aliphatic rings. The maximum Gasteiger partial charge on any atom is 0.154 e. The van der Waals surface area contributed by atoms with Crippen LogP contribution in [-0.2, 0) is 14.3 Å². The molecule has 7 heteroatoms. The van der Waals surface area contributed by atoms with Crippen molar-refractivity contribution in [1.82, 2.24) is 0 Å². The fraction of sp³-hybridized carbons (Fsp3) is 0.710. The number of fused-ring (bicyclic) bond motifs is 6. The smallest absolute Gasteiger partial charge is 0.154 e. The minimum absolute atomic E-state index is 0. The Kier molecular flexibility index (Phi) is 9.34. The van der Waals surface area contributed by atoms with Gasteiger partial charge in [-0.05, 0) is 77.5 Å². The number of hydrogen-bond acceptors (Lipinski definition) is 6. The van der Waals surface area contributed by atoms with Crippen molar-refractivity contribution in [2.75, 3.05) is 13.2 Å². The molecule has 2 aliphatic heterocycles. The number of rotatable bonds is 5. The average Bonchev–Trinajstić information content (AvgIpc) is 3.76. The molecule has 0 spiro atoms. The predicted molar refractivity (Wildman–Crippen MR) is 159 cm³/mol. The highest BCUT2D eigenvalue weighted by molar-refractivity contribution is 14.1. The summed E-state index contributed by atoms with van der Waals surface area (Å²) in [5.41, 5.74) is -0.0950. The Labute approximate surface area is 242 Å². The normalized spacial score (nSPS) is 46.7. The molecule has 3 N–H and O–H groups in total. The van der Waals surface area contributed by atoms with Gasteiger partial charge < -0.3 is 29.6 Å². The second-order valence-corrected chi connectivity index (χ2v) is 13.9. The zero-order chi connectivity index (χ0) is 27.4. The van der Waals surface area contributed by atoms with Gasteiger partial charge in [0.15, 0.2) is 11.9 Å². The molecule has 0 aromatic rings. The van der Waals surface area contributed by atoms with E-state index in [1.165, 1.54) is 0 Å². The summed E-state index contributed by atoms with van der Waals surface area (Å²) >= 11 is 1.96. The number of allylic oxidation sites excluding steroid dienone is 4. The molecule has 1 unspecified atom stereocenters. The third kappa shape index (κ3) is 4.83. The monoisotopic (exact) mass is 642 g/mol. The molecular weight excluding hydrogens is 595 g/mol. The molecule has 0 aromatic heterocycles. The van der Waals surface area contributed by atoms with Crippen LogP contribution >= 0.6 is 22.6 Å². The highest BCUT2D eigenvalue weighted by Gasteiger charge is 2.76. The molecule has 0 amide bonds. The van der Waals surface area contributed by atoms with Crippen molar-refractivity contribution in [3.8, 4) is 0 Å². The standard InChI is InChI=1S/C15H22O3.C12H16O2.C3H5IO.CH4/c1-9(8-16)12(17)15-7-11-6-4-5-10(2)14(11,3)13(15)18-15;1-8-4-3-5-9-6-12(7-13)10(14-12)11(8,9)2;1-3(4)2-5;/h4,6,10-13,16-17H,1,5,7-8H2,2-3H3;3,5,7-10H,4,6H2,1-2H3;5H,1-2H2;1H4/t10-,11+,12?,13-,14+,15-;8-,9+,10-,11+,12-;;/m11../s1. The Bertz CT molecular complexity index is 993. The van der Waals surface area contributed by atoms with Crippen molar-refractivity contribution in [3.63, 3.8) is 0 Å². The van der Waals surface area contributed by atoms with Crippen molar-refractivity contribution >= 4 is 28.9 Å². The van der Waals surface area contributed by atoms with Gasteiger partial charge in [0.25, 0.3) is 0 Å². The molecule has 6 rings (SSSR count). The summed E-state index contributed by atoms with van der Waals surface area (Å²) in [4.78, 5) is 11.0. The largest absolute Gasteiger partial charge is 0.392 e. The molecule has 6 nitrogen and oxygen atoms in total. The van der Waals surface area contributed by atoms with E-state index < -0.39 is 17.3 Å². The maximum atomic E-state index is 11.0. The fourth-order valence-electron chi connectivity index (χ4n) is 7.59. The number of ether oxygens (including phenoxy) is 2. The van der Waals surface area contributed by atoms with Crippen LogP contribution in [0.4, 0.5) is 0 Å². The summed E-state index contributed by atoms with van der Waals surface area (Å²) in [5.74, 6) is 2.22. The lowest BCUT2D eigenvalue weighted by atomic mass is 9.65. The molecule has 214 valence electrons. The van der Waals surface area contributed by atoms with Gasteiger partial charge >= 0.3 is 0 Å². The number of aldehydes is 1. The minimum Gasteiger partial charge on any atom is -0.392 e. The van der Waals surface area contributed by atoms with E-state index in [1.54, 1.807) is 0 Å². The lowest BCUT2D eigenvalue weighted by Gasteiger charge is -2.39. The molecule has 4 aliphatic carbocycles. The van der Waals surface area contributed by atoms with Crippen molar-refractivity contribution in [2.45, 2.75) is 90.3 Å². The average molecular weight is 643 g/mol. The van der Waals surface area contributed by atoms with Gasteiger partial charge in [0.05, 0.1) is 19.3 Å². The number of aliphatic hydroxyl groups excluding tert-OH is 3. The topological polar surface area (TPSA) is 103 Å². The van der Waals surface area contributed by atoms with Gasteiger partial charge in [0.1, 0.15) is 17.8 Å². The van der Waals surface area contributed by atoms with Gasteiger partial charge in [-0.1, -0.05) is 72.6 Å². The SMILES string of the molecule is C.C=C(CO)C(O)[C@]12C[C@@H]3C=CC[C@@H](C)[C@]3(C)[C@H]1O2.C=C(I)CO.C[C@@H]1CC=C[C@H]2C[C@]3(C=O)O[C@@H]3[C@@]12C. The van der Waals surface area contributed by atoms with Crippen LogP contribution in [0, 0.1) is 34.5 Å². The summed E-state index contributed by atoms with van der Waals surface area (Å²) in [6.07, 6.45) is 13.6. The summed E-state index contributed by atoms with van der Waals surface area (Å²) in [5, 5.41) is 27.5. The van der Waals surface area contributed by atoms with Crippen LogP contribution in [0.25, 0.3) is 0 Å². The van der Waals surface area contributed by atoms with Crippen molar-refractivity contribution in [3.05, 3.63) is 46.6 Å². The van der Waals surface area contributed by atoms with Crippen LogP contribution < -0.4 is 0 Å². The van der Waals surface area contributed by atoms with Crippen molar-refractivity contribution < 1.29 is 29.6 Å². The maximum absolute atomic E-state index is 11.0. The second kappa shape index (κ2) is 11.2. The Balaban J connectivity index is 0.000000179. The van der Waals surface area contributed by atoms with E-state index in [1.807, 2.05) is 22.6 Å². The first-order valence-electron chi connectivity index (χ1n) is 13.4.